The quantitative estimate of drug-likeness (QED) is 0.631. The normalized spacial score (nSPS) is 26.4. The number of β-amino-alcohol motifs (C(OH)–C–C–N with tert-alkyl or cyclic N) is 1. The predicted molar refractivity (Wildman–Crippen MR) is 81.3 cm³/mol. The van der Waals surface area contributed by atoms with E-state index in [0.29, 0.717) is 6.54 Å². The van der Waals surface area contributed by atoms with E-state index in [1.165, 1.54) is 5.56 Å². The van der Waals surface area contributed by atoms with Gasteiger partial charge in [0.1, 0.15) is 5.82 Å². The summed E-state index contributed by atoms with van der Waals surface area (Å²) in [6.45, 7) is 5.36. The lowest BCUT2D eigenvalue weighted by Gasteiger charge is -2.39. The van der Waals surface area contributed by atoms with Crippen LogP contribution in [0.25, 0.3) is 0 Å². The highest BCUT2D eigenvalue weighted by atomic mass is 32.2. The van der Waals surface area contributed by atoms with Crippen molar-refractivity contribution >= 4 is 17.6 Å². The van der Waals surface area contributed by atoms with Gasteiger partial charge in [0.05, 0.1) is 11.3 Å². The Balaban J connectivity index is 1.99. The smallest absolute Gasteiger partial charge is 0.189 e. The maximum absolute atomic E-state index is 10.3. The summed E-state index contributed by atoms with van der Waals surface area (Å²) in [5.74, 6) is 1.04. The first-order valence-electron chi connectivity index (χ1n) is 7.21. The molecule has 0 aromatic carbocycles. The van der Waals surface area contributed by atoms with E-state index in [-0.39, 0.29) is 0 Å². The lowest BCUT2D eigenvalue weighted by molar-refractivity contribution is 0.0446. The van der Waals surface area contributed by atoms with Gasteiger partial charge in [-0.3, -0.25) is 0 Å². The Morgan fingerprint density at radius 3 is 3.00 bits per heavy atom. The molecule has 0 spiro atoms. The molecule has 5 nitrogen and oxygen atoms in total. The van der Waals surface area contributed by atoms with Crippen molar-refractivity contribution < 1.29 is 5.11 Å². The van der Waals surface area contributed by atoms with E-state index in [1.54, 1.807) is 11.8 Å². The number of anilines is 1. The lowest BCUT2D eigenvalue weighted by Crippen LogP contribution is -2.47. The fourth-order valence-corrected chi connectivity index (χ4v) is 3.45. The third-order valence-corrected chi connectivity index (χ3v) is 4.60. The second kappa shape index (κ2) is 5.50. The van der Waals surface area contributed by atoms with Gasteiger partial charge in [0.25, 0.3) is 0 Å². The van der Waals surface area contributed by atoms with Crippen molar-refractivity contribution in [2.75, 3.05) is 30.8 Å². The number of rotatable bonds is 2. The molecule has 3 heterocycles. The van der Waals surface area contributed by atoms with Gasteiger partial charge in [-0.15, -0.1) is 0 Å². The molecule has 6 heteroatoms. The Morgan fingerprint density at radius 1 is 1.40 bits per heavy atom. The predicted octanol–water partition coefficient (Wildman–Crippen LogP) is 1.20. The van der Waals surface area contributed by atoms with Crippen LogP contribution in [0, 0.1) is 0 Å². The van der Waals surface area contributed by atoms with Gasteiger partial charge in [-0.25, -0.2) is 9.97 Å². The largest absolute Gasteiger partial charge is 0.388 e. The summed E-state index contributed by atoms with van der Waals surface area (Å²) in [7, 11) is 0. The SMILES string of the molecule is CSc1nc2c(c(N3CCC[C@@](C)(O)C3)n1)CCNC2. The molecule has 110 valence electrons. The maximum atomic E-state index is 10.3. The number of hydrogen-bond donors (Lipinski definition) is 2. The van der Waals surface area contributed by atoms with Crippen molar-refractivity contribution in [2.24, 2.45) is 0 Å². The summed E-state index contributed by atoms with van der Waals surface area (Å²) in [6, 6.07) is 0. The zero-order chi connectivity index (χ0) is 14.2. The Bertz CT molecular complexity index is 506. The van der Waals surface area contributed by atoms with Crippen LogP contribution in [0.1, 0.15) is 31.0 Å². The molecular formula is C14H22N4OS. The number of aliphatic hydroxyl groups is 1. The molecule has 0 amide bonds. The number of fused-ring (bicyclic) bond motifs is 1. The molecule has 3 rings (SSSR count). The molecule has 1 saturated heterocycles. The minimum Gasteiger partial charge on any atom is -0.388 e. The molecule has 1 atom stereocenters. The van der Waals surface area contributed by atoms with Gasteiger partial charge in [0.2, 0.25) is 0 Å². The van der Waals surface area contributed by atoms with Crippen LogP contribution in [0.4, 0.5) is 5.82 Å². The highest BCUT2D eigenvalue weighted by Crippen LogP contribution is 2.30. The minimum absolute atomic E-state index is 0.609. The average Bonchev–Trinajstić information content (AvgIpc) is 2.45. The molecule has 20 heavy (non-hydrogen) atoms. The summed E-state index contributed by atoms with van der Waals surface area (Å²) < 4.78 is 0. The third kappa shape index (κ3) is 2.77. The second-order valence-electron chi connectivity index (χ2n) is 5.91. The monoisotopic (exact) mass is 294 g/mol. The molecule has 0 unspecified atom stereocenters. The molecule has 1 aromatic rings. The Hall–Kier alpha value is -0.850. The highest BCUT2D eigenvalue weighted by Gasteiger charge is 2.31. The van der Waals surface area contributed by atoms with Gasteiger partial charge in [0.15, 0.2) is 5.16 Å². The van der Waals surface area contributed by atoms with Crippen molar-refractivity contribution in [1.29, 1.82) is 0 Å². The molecular weight excluding hydrogens is 272 g/mol. The topological polar surface area (TPSA) is 61.3 Å². The maximum Gasteiger partial charge on any atom is 0.189 e. The number of thioether (sulfide) groups is 1. The van der Waals surface area contributed by atoms with Crippen molar-refractivity contribution in [2.45, 2.75) is 43.5 Å². The number of hydrogen-bond acceptors (Lipinski definition) is 6. The third-order valence-electron chi connectivity index (χ3n) is 4.05. The van der Waals surface area contributed by atoms with E-state index in [9.17, 15) is 5.11 Å². The van der Waals surface area contributed by atoms with Crippen LogP contribution in [0.3, 0.4) is 0 Å². The summed E-state index contributed by atoms with van der Waals surface area (Å²) in [5.41, 5.74) is 1.78. The van der Waals surface area contributed by atoms with E-state index >= 15 is 0 Å². The van der Waals surface area contributed by atoms with Gasteiger partial charge in [-0.05, 0) is 39.0 Å². The highest BCUT2D eigenvalue weighted by molar-refractivity contribution is 7.98. The summed E-state index contributed by atoms with van der Waals surface area (Å²) >= 11 is 1.58. The van der Waals surface area contributed by atoms with Crippen molar-refractivity contribution in [3.8, 4) is 0 Å². The van der Waals surface area contributed by atoms with Crippen LogP contribution in [-0.2, 0) is 13.0 Å². The van der Waals surface area contributed by atoms with Crippen LogP contribution < -0.4 is 10.2 Å². The molecule has 0 aliphatic carbocycles. The molecule has 2 aliphatic heterocycles. The number of aromatic nitrogens is 2. The Labute approximate surface area is 124 Å². The first kappa shape index (κ1) is 14.1. The van der Waals surface area contributed by atoms with E-state index in [0.717, 1.165) is 55.6 Å². The minimum atomic E-state index is -0.609. The second-order valence-corrected chi connectivity index (χ2v) is 6.68. The number of piperidine rings is 1. The number of nitrogens with zero attached hydrogens (tertiary/aromatic N) is 3. The Morgan fingerprint density at radius 2 is 2.25 bits per heavy atom. The van der Waals surface area contributed by atoms with Crippen molar-refractivity contribution in [3.05, 3.63) is 11.3 Å². The molecule has 0 bridgehead atoms. The van der Waals surface area contributed by atoms with Crippen LogP contribution in [0.5, 0.6) is 0 Å². The summed E-state index contributed by atoms with van der Waals surface area (Å²) in [6.07, 6.45) is 4.86. The molecule has 0 saturated carbocycles. The van der Waals surface area contributed by atoms with Crippen molar-refractivity contribution in [1.82, 2.24) is 15.3 Å². The fourth-order valence-electron chi connectivity index (χ4n) is 3.07. The van der Waals surface area contributed by atoms with E-state index < -0.39 is 5.60 Å². The standard InChI is InChI=1S/C14H22N4OS/c1-14(19)5-3-7-18(9-14)12-10-4-6-15-8-11(10)16-13(17-12)20-2/h15,19H,3-9H2,1-2H3/t14-/m1/s1. The molecule has 2 N–H and O–H groups in total. The zero-order valence-corrected chi connectivity index (χ0v) is 13.0. The average molecular weight is 294 g/mol. The van der Waals surface area contributed by atoms with Crippen LogP contribution >= 0.6 is 11.8 Å². The van der Waals surface area contributed by atoms with Crippen molar-refractivity contribution in [3.63, 3.8) is 0 Å². The molecule has 1 aromatic heterocycles. The van der Waals surface area contributed by atoms with E-state index in [4.69, 9.17) is 4.98 Å². The van der Waals surface area contributed by atoms with Crippen LogP contribution in [-0.4, -0.2) is 46.6 Å². The molecule has 2 aliphatic rings. The number of nitrogens with one attached hydrogen (secondary N) is 1. The van der Waals surface area contributed by atoms with Gasteiger partial charge < -0.3 is 15.3 Å². The Kier molecular flexibility index (Phi) is 3.88. The van der Waals surface area contributed by atoms with Crippen LogP contribution in [0.2, 0.25) is 0 Å². The van der Waals surface area contributed by atoms with E-state index in [2.05, 4.69) is 15.2 Å². The lowest BCUT2D eigenvalue weighted by atomic mass is 9.94. The van der Waals surface area contributed by atoms with Gasteiger partial charge in [0, 0.05) is 25.2 Å². The fraction of sp³-hybridized carbons (Fsp3) is 0.714. The van der Waals surface area contributed by atoms with E-state index in [1.807, 2.05) is 13.2 Å². The summed E-state index contributed by atoms with van der Waals surface area (Å²) in [5, 5.41) is 14.5. The van der Waals surface area contributed by atoms with Gasteiger partial charge >= 0.3 is 0 Å². The first-order valence-corrected chi connectivity index (χ1v) is 8.43. The summed E-state index contributed by atoms with van der Waals surface area (Å²) in [4.78, 5) is 11.6. The zero-order valence-electron chi connectivity index (χ0n) is 12.1. The van der Waals surface area contributed by atoms with Crippen LogP contribution in [0.15, 0.2) is 5.16 Å². The molecule has 1 fully saturated rings. The van der Waals surface area contributed by atoms with Gasteiger partial charge in [-0.1, -0.05) is 11.8 Å². The molecule has 0 radical (unpaired) electrons. The first-order chi connectivity index (χ1) is 9.59. The van der Waals surface area contributed by atoms with Gasteiger partial charge in [-0.2, -0.15) is 0 Å².